The van der Waals surface area contributed by atoms with Crippen LogP contribution >= 0.6 is 0 Å². The van der Waals surface area contributed by atoms with Crippen molar-refractivity contribution in [3.63, 3.8) is 0 Å². The molecule has 0 unspecified atom stereocenters. The molecule has 3 nitrogen and oxygen atoms in total. The molecule has 0 spiro atoms. The molecule has 1 amide bonds. The topological polar surface area (TPSA) is 40.5 Å². The van der Waals surface area contributed by atoms with Crippen molar-refractivity contribution in [2.24, 2.45) is 0 Å². The van der Waals surface area contributed by atoms with E-state index < -0.39 is 6.10 Å². The molecule has 0 aliphatic carbocycles. The van der Waals surface area contributed by atoms with E-state index in [1.54, 1.807) is 4.90 Å². The Kier molecular flexibility index (Phi) is 3.52. The van der Waals surface area contributed by atoms with Crippen LogP contribution in [0.4, 0.5) is 5.69 Å². The summed E-state index contributed by atoms with van der Waals surface area (Å²) in [6.45, 7) is 0.641. The van der Waals surface area contributed by atoms with Crippen LogP contribution in [-0.2, 0) is 0 Å². The first-order valence-corrected chi connectivity index (χ1v) is 6.91. The molecule has 0 saturated carbocycles. The van der Waals surface area contributed by atoms with E-state index in [4.69, 9.17) is 0 Å². The number of carbonyl (C=O) groups is 1. The van der Waals surface area contributed by atoms with Crippen molar-refractivity contribution in [1.29, 1.82) is 0 Å². The molecule has 1 aliphatic heterocycles. The summed E-state index contributed by atoms with van der Waals surface area (Å²) in [4.78, 5) is 14.4. The maximum atomic E-state index is 12.7. The standard InChI is InChI=1S/C17H17NO2/c19-16-11-6-12-18(15-10-5-4-9-14(15)16)17(20)13-7-2-1-3-8-13/h1-5,7-10,16,19H,6,11-12H2/t16-/m0/s1. The number of nitrogens with zero attached hydrogens (tertiary/aromatic N) is 1. The molecule has 1 N–H and O–H groups in total. The van der Waals surface area contributed by atoms with Crippen LogP contribution in [-0.4, -0.2) is 17.6 Å². The fourth-order valence-electron chi connectivity index (χ4n) is 2.68. The Hall–Kier alpha value is -2.13. The molecular weight excluding hydrogens is 250 g/mol. The zero-order chi connectivity index (χ0) is 13.9. The van der Waals surface area contributed by atoms with Gasteiger partial charge in [-0.05, 0) is 31.0 Å². The van der Waals surface area contributed by atoms with Crippen LogP contribution in [0.25, 0.3) is 0 Å². The highest BCUT2D eigenvalue weighted by molar-refractivity contribution is 6.06. The first-order chi connectivity index (χ1) is 9.77. The maximum Gasteiger partial charge on any atom is 0.258 e. The molecule has 2 aromatic rings. The molecule has 1 aliphatic rings. The van der Waals surface area contributed by atoms with Gasteiger partial charge in [0.2, 0.25) is 0 Å². The highest BCUT2D eigenvalue weighted by Gasteiger charge is 2.25. The SMILES string of the molecule is O=C(c1ccccc1)N1CCC[C@H](O)c2ccccc21. The number of anilines is 1. The molecule has 102 valence electrons. The van der Waals surface area contributed by atoms with E-state index in [9.17, 15) is 9.90 Å². The van der Waals surface area contributed by atoms with Crippen molar-refractivity contribution in [3.8, 4) is 0 Å². The number of aliphatic hydroxyl groups is 1. The summed E-state index contributed by atoms with van der Waals surface area (Å²) in [6, 6.07) is 16.9. The average molecular weight is 267 g/mol. The Bertz CT molecular complexity index is 609. The van der Waals surface area contributed by atoms with Gasteiger partial charge in [-0.3, -0.25) is 4.79 Å². The summed E-state index contributed by atoms with van der Waals surface area (Å²) in [5, 5.41) is 10.2. The molecule has 0 aromatic heterocycles. The van der Waals surface area contributed by atoms with Gasteiger partial charge in [-0.2, -0.15) is 0 Å². The van der Waals surface area contributed by atoms with E-state index in [-0.39, 0.29) is 5.91 Å². The number of aliphatic hydroxyl groups excluding tert-OH is 1. The molecule has 0 saturated heterocycles. The first kappa shape index (κ1) is 12.9. The molecule has 0 fully saturated rings. The lowest BCUT2D eigenvalue weighted by Crippen LogP contribution is -2.31. The monoisotopic (exact) mass is 267 g/mol. The van der Waals surface area contributed by atoms with Crippen molar-refractivity contribution < 1.29 is 9.90 Å². The van der Waals surface area contributed by atoms with Gasteiger partial charge in [0.1, 0.15) is 0 Å². The third-order valence-corrected chi connectivity index (χ3v) is 3.71. The minimum absolute atomic E-state index is 0.00727. The summed E-state index contributed by atoms with van der Waals surface area (Å²) in [5.41, 5.74) is 2.35. The average Bonchev–Trinajstić information content (AvgIpc) is 2.67. The third-order valence-electron chi connectivity index (χ3n) is 3.71. The minimum atomic E-state index is -0.486. The maximum absolute atomic E-state index is 12.7. The lowest BCUT2D eigenvalue weighted by Gasteiger charge is -2.23. The predicted molar refractivity (Wildman–Crippen MR) is 78.8 cm³/mol. The number of fused-ring (bicyclic) bond motifs is 1. The van der Waals surface area contributed by atoms with E-state index in [0.29, 0.717) is 18.5 Å². The zero-order valence-corrected chi connectivity index (χ0v) is 11.2. The number of benzene rings is 2. The summed E-state index contributed by atoms with van der Waals surface area (Å²) >= 11 is 0. The van der Waals surface area contributed by atoms with Crippen LogP contribution in [0.1, 0.15) is 34.9 Å². The van der Waals surface area contributed by atoms with Gasteiger partial charge >= 0.3 is 0 Å². The van der Waals surface area contributed by atoms with Gasteiger partial charge in [-0.15, -0.1) is 0 Å². The number of rotatable bonds is 1. The molecule has 0 radical (unpaired) electrons. The van der Waals surface area contributed by atoms with Crippen LogP contribution in [0.3, 0.4) is 0 Å². The molecular formula is C17H17NO2. The van der Waals surface area contributed by atoms with E-state index in [1.165, 1.54) is 0 Å². The van der Waals surface area contributed by atoms with Crippen LogP contribution in [0.2, 0.25) is 0 Å². The second-order valence-corrected chi connectivity index (χ2v) is 5.04. The fourth-order valence-corrected chi connectivity index (χ4v) is 2.68. The van der Waals surface area contributed by atoms with Gasteiger partial charge in [-0.25, -0.2) is 0 Å². The Balaban J connectivity index is 2.01. The first-order valence-electron chi connectivity index (χ1n) is 6.91. The van der Waals surface area contributed by atoms with Gasteiger partial charge in [0.05, 0.1) is 6.10 Å². The van der Waals surface area contributed by atoms with E-state index in [2.05, 4.69) is 0 Å². The van der Waals surface area contributed by atoms with Gasteiger partial charge in [0.15, 0.2) is 0 Å². The number of amides is 1. The van der Waals surface area contributed by atoms with Crippen molar-refractivity contribution in [2.45, 2.75) is 18.9 Å². The predicted octanol–water partition coefficient (Wildman–Crippen LogP) is 3.16. The van der Waals surface area contributed by atoms with Crippen LogP contribution < -0.4 is 4.90 Å². The number of carbonyl (C=O) groups excluding carboxylic acids is 1. The summed E-state index contributed by atoms with van der Waals surface area (Å²) in [7, 11) is 0. The smallest absolute Gasteiger partial charge is 0.258 e. The summed E-state index contributed by atoms with van der Waals surface area (Å²) in [5.74, 6) is -0.00727. The minimum Gasteiger partial charge on any atom is -0.388 e. The van der Waals surface area contributed by atoms with Gasteiger partial charge in [0.25, 0.3) is 5.91 Å². The van der Waals surface area contributed by atoms with Crippen LogP contribution in [0, 0.1) is 0 Å². The van der Waals surface area contributed by atoms with Crippen molar-refractivity contribution in [1.82, 2.24) is 0 Å². The molecule has 2 aromatic carbocycles. The number of hydrogen-bond donors (Lipinski definition) is 1. The number of hydrogen-bond acceptors (Lipinski definition) is 2. The van der Waals surface area contributed by atoms with Crippen molar-refractivity contribution >= 4 is 11.6 Å². The quantitative estimate of drug-likeness (QED) is 0.862. The van der Waals surface area contributed by atoms with Gasteiger partial charge in [-0.1, -0.05) is 36.4 Å². The zero-order valence-electron chi connectivity index (χ0n) is 11.2. The normalized spacial score (nSPS) is 18.2. The summed E-state index contributed by atoms with van der Waals surface area (Å²) in [6.07, 6.45) is 1.00. The van der Waals surface area contributed by atoms with Crippen molar-refractivity contribution in [3.05, 3.63) is 65.7 Å². The van der Waals surface area contributed by atoms with E-state index in [1.807, 2.05) is 54.6 Å². The Morgan fingerprint density at radius 1 is 1.05 bits per heavy atom. The fraction of sp³-hybridized carbons (Fsp3) is 0.235. The Morgan fingerprint density at radius 2 is 1.75 bits per heavy atom. The molecule has 1 atom stereocenters. The Morgan fingerprint density at radius 3 is 2.55 bits per heavy atom. The second kappa shape index (κ2) is 5.47. The molecule has 1 heterocycles. The summed E-state index contributed by atoms with van der Waals surface area (Å²) < 4.78 is 0. The molecule has 3 rings (SSSR count). The molecule has 3 heteroatoms. The van der Waals surface area contributed by atoms with Crippen molar-refractivity contribution in [2.75, 3.05) is 11.4 Å². The largest absolute Gasteiger partial charge is 0.388 e. The molecule has 0 bridgehead atoms. The van der Waals surface area contributed by atoms with Crippen LogP contribution in [0.15, 0.2) is 54.6 Å². The Labute approximate surface area is 118 Å². The number of para-hydroxylation sites is 1. The second-order valence-electron chi connectivity index (χ2n) is 5.04. The lowest BCUT2D eigenvalue weighted by atomic mass is 10.0. The molecule has 20 heavy (non-hydrogen) atoms. The highest BCUT2D eigenvalue weighted by Crippen LogP contribution is 2.33. The van der Waals surface area contributed by atoms with Crippen LogP contribution in [0.5, 0.6) is 0 Å². The van der Waals surface area contributed by atoms with Gasteiger partial charge in [0, 0.05) is 23.4 Å². The van der Waals surface area contributed by atoms with Gasteiger partial charge < -0.3 is 10.0 Å². The highest BCUT2D eigenvalue weighted by atomic mass is 16.3. The third kappa shape index (κ3) is 2.32. The lowest BCUT2D eigenvalue weighted by molar-refractivity contribution is 0.0986. The van der Waals surface area contributed by atoms with E-state index in [0.717, 1.165) is 17.7 Å². The van der Waals surface area contributed by atoms with E-state index >= 15 is 0 Å².